The fourth-order valence-electron chi connectivity index (χ4n) is 2.64. The van der Waals surface area contributed by atoms with Crippen LogP contribution < -0.4 is 10.2 Å². The Morgan fingerprint density at radius 2 is 1.96 bits per heavy atom. The lowest BCUT2D eigenvalue weighted by Crippen LogP contribution is -2.25. The number of nitrogens with zero attached hydrogens (tertiary/aromatic N) is 1. The summed E-state index contributed by atoms with van der Waals surface area (Å²) < 4.78 is 5.51. The maximum absolute atomic E-state index is 11.9. The predicted octanol–water partition coefficient (Wildman–Crippen LogP) is 3.15. The lowest BCUT2D eigenvalue weighted by Gasteiger charge is -2.07. The van der Waals surface area contributed by atoms with Gasteiger partial charge in [-0.3, -0.25) is 4.79 Å². The van der Waals surface area contributed by atoms with Crippen LogP contribution in [0, 0.1) is 13.8 Å². The van der Waals surface area contributed by atoms with E-state index in [0.717, 1.165) is 29.7 Å². The molecule has 0 saturated carbocycles. The molecule has 2 aromatic rings. The molecular formula is C19H20N2O2. The molecule has 0 aliphatic heterocycles. The van der Waals surface area contributed by atoms with Crippen LogP contribution in [0.15, 0.2) is 47.6 Å². The molecule has 0 heterocycles. The first-order valence-corrected chi connectivity index (χ1v) is 7.77. The first-order chi connectivity index (χ1) is 11.1. The normalized spacial score (nSPS) is 14.6. The number of rotatable bonds is 4. The molecule has 1 aliphatic rings. The maximum Gasteiger partial charge on any atom is 0.277 e. The van der Waals surface area contributed by atoms with Gasteiger partial charge in [-0.15, -0.1) is 0 Å². The van der Waals surface area contributed by atoms with Crippen molar-refractivity contribution in [1.82, 2.24) is 5.43 Å². The maximum atomic E-state index is 11.9. The van der Waals surface area contributed by atoms with Gasteiger partial charge >= 0.3 is 0 Å². The lowest BCUT2D eigenvalue weighted by molar-refractivity contribution is -0.123. The molecule has 1 aliphatic carbocycles. The monoisotopic (exact) mass is 308 g/mol. The van der Waals surface area contributed by atoms with Crippen LogP contribution in [0.25, 0.3) is 0 Å². The molecule has 0 saturated heterocycles. The molecule has 3 rings (SSSR count). The molecule has 1 N–H and O–H groups in total. The fourth-order valence-corrected chi connectivity index (χ4v) is 2.64. The van der Waals surface area contributed by atoms with E-state index in [1.165, 1.54) is 11.1 Å². The zero-order valence-corrected chi connectivity index (χ0v) is 13.4. The highest BCUT2D eigenvalue weighted by atomic mass is 16.5. The van der Waals surface area contributed by atoms with Crippen molar-refractivity contribution in [2.75, 3.05) is 6.61 Å². The molecule has 2 aromatic carbocycles. The van der Waals surface area contributed by atoms with E-state index in [9.17, 15) is 4.79 Å². The summed E-state index contributed by atoms with van der Waals surface area (Å²) in [5.41, 5.74) is 8.27. The van der Waals surface area contributed by atoms with Gasteiger partial charge in [0.25, 0.3) is 5.91 Å². The minimum atomic E-state index is -0.250. The van der Waals surface area contributed by atoms with Crippen molar-refractivity contribution in [3.05, 3.63) is 64.7 Å². The van der Waals surface area contributed by atoms with Crippen LogP contribution in [0.5, 0.6) is 5.75 Å². The van der Waals surface area contributed by atoms with E-state index in [0.29, 0.717) is 5.75 Å². The van der Waals surface area contributed by atoms with Crippen molar-refractivity contribution in [2.45, 2.75) is 26.7 Å². The summed E-state index contributed by atoms with van der Waals surface area (Å²) in [6, 6.07) is 13.9. The van der Waals surface area contributed by atoms with Gasteiger partial charge < -0.3 is 4.74 Å². The van der Waals surface area contributed by atoms with Gasteiger partial charge in [-0.25, -0.2) is 5.43 Å². The highest BCUT2D eigenvalue weighted by Gasteiger charge is 2.17. The summed E-state index contributed by atoms with van der Waals surface area (Å²) in [6.07, 6.45) is 1.83. The van der Waals surface area contributed by atoms with Crippen LogP contribution in [0.2, 0.25) is 0 Å². The molecule has 23 heavy (non-hydrogen) atoms. The average Bonchev–Trinajstić information content (AvgIpc) is 2.97. The van der Waals surface area contributed by atoms with Gasteiger partial charge in [-0.05, 0) is 55.5 Å². The number of aryl methyl sites for hydroxylation is 3. The topological polar surface area (TPSA) is 50.7 Å². The van der Waals surface area contributed by atoms with Gasteiger partial charge in [0.15, 0.2) is 6.61 Å². The Kier molecular flexibility index (Phi) is 4.42. The van der Waals surface area contributed by atoms with E-state index in [4.69, 9.17) is 4.74 Å². The number of hydrogen-bond donors (Lipinski definition) is 1. The molecule has 4 nitrogen and oxygen atoms in total. The minimum Gasteiger partial charge on any atom is -0.484 e. The van der Waals surface area contributed by atoms with Crippen LogP contribution in [0.4, 0.5) is 0 Å². The summed E-state index contributed by atoms with van der Waals surface area (Å²) in [6.45, 7) is 4.02. The average molecular weight is 308 g/mol. The number of hydrogen-bond acceptors (Lipinski definition) is 3. The zero-order chi connectivity index (χ0) is 16.2. The number of carbonyl (C=O) groups is 1. The summed E-state index contributed by atoms with van der Waals surface area (Å²) in [5.74, 6) is 0.447. The van der Waals surface area contributed by atoms with Gasteiger partial charge in [0, 0.05) is 5.56 Å². The van der Waals surface area contributed by atoms with E-state index >= 15 is 0 Å². The second kappa shape index (κ2) is 6.65. The smallest absolute Gasteiger partial charge is 0.277 e. The lowest BCUT2D eigenvalue weighted by atomic mass is 10.1. The van der Waals surface area contributed by atoms with Crippen molar-refractivity contribution in [3.63, 3.8) is 0 Å². The Hall–Kier alpha value is -2.62. The summed E-state index contributed by atoms with van der Waals surface area (Å²) in [7, 11) is 0. The number of nitrogens with one attached hydrogen (secondary N) is 1. The molecular weight excluding hydrogens is 288 g/mol. The summed E-state index contributed by atoms with van der Waals surface area (Å²) in [5, 5.41) is 4.25. The predicted molar refractivity (Wildman–Crippen MR) is 90.9 cm³/mol. The van der Waals surface area contributed by atoms with Gasteiger partial charge in [-0.1, -0.05) is 30.3 Å². The van der Waals surface area contributed by atoms with E-state index in [1.807, 2.05) is 50.2 Å². The molecule has 0 fully saturated rings. The van der Waals surface area contributed by atoms with E-state index < -0.39 is 0 Å². The molecule has 0 spiro atoms. The van der Waals surface area contributed by atoms with Crippen LogP contribution in [0.3, 0.4) is 0 Å². The van der Waals surface area contributed by atoms with Crippen LogP contribution >= 0.6 is 0 Å². The number of hydrazone groups is 1. The number of amides is 1. The van der Waals surface area contributed by atoms with Crippen molar-refractivity contribution >= 4 is 11.6 Å². The number of benzene rings is 2. The second-order valence-electron chi connectivity index (χ2n) is 5.79. The number of ether oxygens (including phenoxy) is 1. The quantitative estimate of drug-likeness (QED) is 0.882. The first kappa shape index (κ1) is 15.3. The van der Waals surface area contributed by atoms with E-state index in [-0.39, 0.29) is 12.5 Å². The molecule has 118 valence electrons. The van der Waals surface area contributed by atoms with Crippen molar-refractivity contribution < 1.29 is 9.53 Å². The molecule has 0 bridgehead atoms. The number of fused-ring (bicyclic) bond motifs is 1. The van der Waals surface area contributed by atoms with Gasteiger partial charge in [0.2, 0.25) is 0 Å². The molecule has 0 radical (unpaired) electrons. The molecule has 1 amide bonds. The highest BCUT2D eigenvalue weighted by molar-refractivity contribution is 6.04. The third-order valence-electron chi connectivity index (χ3n) is 4.12. The van der Waals surface area contributed by atoms with Gasteiger partial charge in [-0.2, -0.15) is 5.10 Å². The third-order valence-corrected chi connectivity index (χ3v) is 4.12. The van der Waals surface area contributed by atoms with E-state index in [2.05, 4.69) is 16.6 Å². The minimum absolute atomic E-state index is 0.0407. The number of carbonyl (C=O) groups excluding carboxylic acids is 1. The Bertz CT molecular complexity index is 766. The molecule has 0 aromatic heterocycles. The van der Waals surface area contributed by atoms with Crippen molar-refractivity contribution in [2.24, 2.45) is 5.10 Å². The highest BCUT2D eigenvalue weighted by Crippen LogP contribution is 2.21. The van der Waals surface area contributed by atoms with Gasteiger partial charge in [0.05, 0.1) is 5.71 Å². The molecule has 4 heteroatoms. The Morgan fingerprint density at radius 3 is 2.78 bits per heavy atom. The zero-order valence-electron chi connectivity index (χ0n) is 13.4. The Morgan fingerprint density at radius 1 is 1.13 bits per heavy atom. The third kappa shape index (κ3) is 3.59. The van der Waals surface area contributed by atoms with Crippen molar-refractivity contribution in [3.8, 4) is 5.75 Å². The molecule has 0 atom stereocenters. The summed E-state index contributed by atoms with van der Waals surface area (Å²) >= 11 is 0. The Balaban J connectivity index is 1.56. The van der Waals surface area contributed by atoms with Crippen LogP contribution in [-0.4, -0.2) is 18.2 Å². The van der Waals surface area contributed by atoms with Crippen LogP contribution in [-0.2, 0) is 11.2 Å². The largest absolute Gasteiger partial charge is 0.484 e. The SMILES string of the molecule is Cc1ccc(OCC(=O)N/N=C2/CCc3ccccc32)cc1C. The fraction of sp³-hybridized carbons (Fsp3) is 0.263. The van der Waals surface area contributed by atoms with Crippen LogP contribution in [0.1, 0.15) is 28.7 Å². The summed E-state index contributed by atoms with van der Waals surface area (Å²) in [4.78, 5) is 11.9. The molecule has 0 unspecified atom stereocenters. The second-order valence-corrected chi connectivity index (χ2v) is 5.79. The van der Waals surface area contributed by atoms with Gasteiger partial charge in [0.1, 0.15) is 5.75 Å². The van der Waals surface area contributed by atoms with E-state index in [1.54, 1.807) is 0 Å². The first-order valence-electron chi connectivity index (χ1n) is 7.77. The van der Waals surface area contributed by atoms with Crippen molar-refractivity contribution in [1.29, 1.82) is 0 Å². The standard InChI is InChI=1S/C19H20N2O2/c1-13-7-9-16(11-14(13)2)23-12-19(22)21-20-18-10-8-15-5-3-4-6-17(15)18/h3-7,9,11H,8,10,12H2,1-2H3,(H,21,22)/b20-18-. The Labute approximate surface area is 136 Å².